The lowest BCUT2D eigenvalue weighted by atomic mass is 10.4. The SMILES string of the molecule is CCc1cnc(CNCc2ccncn2)o1. The molecule has 0 saturated heterocycles. The highest BCUT2D eigenvalue weighted by molar-refractivity contribution is 4.98. The molecular weight excluding hydrogens is 204 g/mol. The van der Waals surface area contributed by atoms with E-state index >= 15 is 0 Å². The highest BCUT2D eigenvalue weighted by Gasteiger charge is 2.01. The van der Waals surface area contributed by atoms with Crippen LogP contribution >= 0.6 is 0 Å². The van der Waals surface area contributed by atoms with Crippen LogP contribution in [0.5, 0.6) is 0 Å². The fourth-order valence-corrected chi connectivity index (χ4v) is 1.31. The van der Waals surface area contributed by atoms with Gasteiger partial charge in [-0.1, -0.05) is 6.92 Å². The first kappa shape index (κ1) is 10.8. The van der Waals surface area contributed by atoms with Crippen LogP contribution in [0.25, 0.3) is 0 Å². The predicted octanol–water partition coefficient (Wildman–Crippen LogP) is 1.32. The predicted molar refractivity (Wildman–Crippen MR) is 58.5 cm³/mol. The summed E-state index contributed by atoms with van der Waals surface area (Å²) in [6, 6.07) is 1.88. The highest BCUT2D eigenvalue weighted by Crippen LogP contribution is 2.03. The largest absolute Gasteiger partial charge is 0.444 e. The van der Waals surface area contributed by atoms with Crippen LogP contribution in [-0.4, -0.2) is 15.0 Å². The lowest BCUT2D eigenvalue weighted by Crippen LogP contribution is -2.13. The van der Waals surface area contributed by atoms with Crippen LogP contribution in [0.15, 0.2) is 29.2 Å². The van der Waals surface area contributed by atoms with E-state index in [1.54, 1.807) is 12.4 Å². The van der Waals surface area contributed by atoms with Gasteiger partial charge in [-0.25, -0.2) is 15.0 Å². The summed E-state index contributed by atoms with van der Waals surface area (Å²) in [5.74, 6) is 1.63. The van der Waals surface area contributed by atoms with E-state index in [1.807, 2.05) is 13.0 Å². The van der Waals surface area contributed by atoms with Gasteiger partial charge < -0.3 is 9.73 Å². The molecule has 0 amide bonds. The zero-order valence-corrected chi connectivity index (χ0v) is 9.18. The fourth-order valence-electron chi connectivity index (χ4n) is 1.31. The zero-order chi connectivity index (χ0) is 11.2. The van der Waals surface area contributed by atoms with Crippen molar-refractivity contribution in [1.82, 2.24) is 20.3 Å². The number of hydrogen-bond donors (Lipinski definition) is 1. The molecule has 0 atom stereocenters. The van der Waals surface area contributed by atoms with Crippen molar-refractivity contribution in [3.63, 3.8) is 0 Å². The van der Waals surface area contributed by atoms with Crippen molar-refractivity contribution < 1.29 is 4.42 Å². The number of rotatable bonds is 5. The number of oxazole rings is 1. The van der Waals surface area contributed by atoms with Gasteiger partial charge >= 0.3 is 0 Å². The Labute approximate surface area is 94.0 Å². The van der Waals surface area contributed by atoms with Crippen molar-refractivity contribution in [3.05, 3.63) is 42.1 Å². The number of aryl methyl sites for hydroxylation is 1. The summed E-state index contributed by atoms with van der Waals surface area (Å²) in [5.41, 5.74) is 0.956. The van der Waals surface area contributed by atoms with Crippen molar-refractivity contribution >= 4 is 0 Å². The Bertz CT molecular complexity index is 427. The maximum Gasteiger partial charge on any atom is 0.208 e. The van der Waals surface area contributed by atoms with Crippen LogP contribution in [0.3, 0.4) is 0 Å². The number of nitrogens with zero attached hydrogens (tertiary/aromatic N) is 3. The molecule has 16 heavy (non-hydrogen) atoms. The molecule has 0 fully saturated rings. The molecule has 2 aromatic heterocycles. The smallest absolute Gasteiger partial charge is 0.208 e. The second-order valence-corrected chi connectivity index (χ2v) is 3.38. The van der Waals surface area contributed by atoms with Gasteiger partial charge in [-0.3, -0.25) is 0 Å². The summed E-state index contributed by atoms with van der Waals surface area (Å²) < 4.78 is 5.46. The summed E-state index contributed by atoms with van der Waals surface area (Å²) >= 11 is 0. The second-order valence-electron chi connectivity index (χ2n) is 3.38. The fraction of sp³-hybridized carbons (Fsp3) is 0.364. The minimum Gasteiger partial charge on any atom is -0.444 e. The third-order valence-corrected chi connectivity index (χ3v) is 2.18. The zero-order valence-electron chi connectivity index (χ0n) is 9.18. The van der Waals surface area contributed by atoms with Crippen LogP contribution in [0.2, 0.25) is 0 Å². The van der Waals surface area contributed by atoms with E-state index in [0.29, 0.717) is 19.0 Å². The van der Waals surface area contributed by atoms with Crippen LogP contribution in [0.1, 0.15) is 24.3 Å². The molecule has 2 rings (SSSR count). The van der Waals surface area contributed by atoms with Crippen molar-refractivity contribution in [2.45, 2.75) is 26.4 Å². The first-order valence-corrected chi connectivity index (χ1v) is 5.27. The summed E-state index contributed by atoms with van der Waals surface area (Å²) in [6.45, 7) is 3.34. The number of hydrogen-bond acceptors (Lipinski definition) is 5. The molecule has 0 aliphatic rings. The molecule has 5 heteroatoms. The average molecular weight is 218 g/mol. The van der Waals surface area contributed by atoms with Gasteiger partial charge in [0.15, 0.2) is 0 Å². The first-order chi connectivity index (χ1) is 7.88. The molecule has 5 nitrogen and oxygen atoms in total. The Balaban J connectivity index is 1.80. The normalized spacial score (nSPS) is 10.6. The van der Waals surface area contributed by atoms with Gasteiger partial charge in [-0.05, 0) is 6.07 Å². The molecule has 84 valence electrons. The Morgan fingerprint density at radius 3 is 2.94 bits per heavy atom. The molecule has 0 spiro atoms. The van der Waals surface area contributed by atoms with Crippen molar-refractivity contribution in [2.24, 2.45) is 0 Å². The minimum absolute atomic E-state index is 0.615. The Morgan fingerprint density at radius 1 is 1.31 bits per heavy atom. The highest BCUT2D eigenvalue weighted by atomic mass is 16.4. The van der Waals surface area contributed by atoms with E-state index in [9.17, 15) is 0 Å². The summed E-state index contributed by atoms with van der Waals surface area (Å²) in [6.07, 6.45) is 5.91. The lowest BCUT2D eigenvalue weighted by Gasteiger charge is -2.00. The van der Waals surface area contributed by atoms with Gasteiger partial charge in [0.05, 0.1) is 18.4 Å². The van der Waals surface area contributed by atoms with Gasteiger partial charge in [-0.15, -0.1) is 0 Å². The Hall–Kier alpha value is -1.75. The van der Waals surface area contributed by atoms with E-state index in [-0.39, 0.29) is 0 Å². The lowest BCUT2D eigenvalue weighted by molar-refractivity contribution is 0.438. The standard InChI is InChI=1S/C11H14N4O/c1-2-10-6-14-11(16-10)7-13-5-9-3-4-12-8-15-9/h3-4,6,8,13H,2,5,7H2,1H3. The van der Waals surface area contributed by atoms with Gasteiger partial charge in [0.25, 0.3) is 0 Å². The van der Waals surface area contributed by atoms with E-state index in [1.165, 1.54) is 6.33 Å². The molecule has 2 aromatic rings. The van der Waals surface area contributed by atoms with Crippen molar-refractivity contribution in [2.75, 3.05) is 0 Å². The average Bonchev–Trinajstić information content (AvgIpc) is 2.78. The van der Waals surface area contributed by atoms with Gasteiger partial charge in [0.1, 0.15) is 12.1 Å². The van der Waals surface area contributed by atoms with Crippen molar-refractivity contribution in [3.8, 4) is 0 Å². The third-order valence-electron chi connectivity index (χ3n) is 2.18. The molecule has 0 radical (unpaired) electrons. The third kappa shape index (κ3) is 2.87. The molecule has 0 aliphatic heterocycles. The second kappa shape index (κ2) is 5.37. The van der Waals surface area contributed by atoms with E-state index in [4.69, 9.17) is 4.42 Å². The maximum atomic E-state index is 5.46. The Kier molecular flexibility index (Phi) is 3.61. The van der Waals surface area contributed by atoms with Gasteiger partial charge in [-0.2, -0.15) is 0 Å². The van der Waals surface area contributed by atoms with E-state index in [2.05, 4.69) is 20.3 Å². The molecule has 0 saturated carbocycles. The van der Waals surface area contributed by atoms with Gasteiger partial charge in [0.2, 0.25) is 5.89 Å². The topological polar surface area (TPSA) is 63.8 Å². The van der Waals surface area contributed by atoms with Crippen molar-refractivity contribution in [1.29, 1.82) is 0 Å². The van der Waals surface area contributed by atoms with Crippen LogP contribution in [0.4, 0.5) is 0 Å². The molecule has 0 aliphatic carbocycles. The first-order valence-electron chi connectivity index (χ1n) is 5.27. The molecule has 0 unspecified atom stereocenters. The molecule has 0 bridgehead atoms. The van der Waals surface area contributed by atoms with Crippen LogP contribution < -0.4 is 5.32 Å². The summed E-state index contributed by atoms with van der Waals surface area (Å²) in [5, 5.41) is 3.21. The molecule has 1 N–H and O–H groups in total. The summed E-state index contributed by atoms with van der Waals surface area (Å²) in [7, 11) is 0. The Morgan fingerprint density at radius 2 is 2.25 bits per heavy atom. The van der Waals surface area contributed by atoms with E-state index in [0.717, 1.165) is 17.9 Å². The molecule has 0 aromatic carbocycles. The van der Waals surface area contributed by atoms with Crippen LogP contribution in [-0.2, 0) is 19.5 Å². The monoisotopic (exact) mass is 218 g/mol. The van der Waals surface area contributed by atoms with Crippen LogP contribution in [0, 0.1) is 0 Å². The summed E-state index contributed by atoms with van der Waals surface area (Å²) in [4.78, 5) is 12.1. The molecular formula is C11H14N4O. The quantitative estimate of drug-likeness (QED) is 0.819. The number of nitrogens with one attached hydrogen (secondary N) is 1. The molecule has 2 heterocycles. The maximum absolute atomic E-state index is 5.46. The number of aromatic nitrogens is 3. The van der Waals surface area contributed by atoms with E-state index < -0.39 is 0 Å². The minimum atomic E-state index is 0.615. The van der Waals surface area contributed by atoms with Gasteiger partial charge in [0, 0.05) is 19.2 Å².